The number of aromatic amines is 1. The number of aromatic nitrogens is 3. The van der Waals surface area contributed by atoms with Crippen LogP contribution >= 0.6 is 0 Å². The Kier molecular flexibility index (Phi) is 7.67. The zero-order chi connectivity index (χ0) is 28.6. The van der Waals surface area contributed by atoms with E-state index in [1.54, 1.807) is 10.5 Å². The first-order valence-electron chi connectivity index (χ1n) is 14.2. The van der Waals surface area contributed by atoms with Crippen molar-refractivity contribution in [3.8, 4) is 5.75 Å². The first-order valence-corrected chi connectivity index (χ1v) is 15.8. The normalized spacial score (nSPS) is 22.8. The molecule has 1 saturated carbocycles. The predicted octanol–water partition coefficient (Wildman–Crippen LogP) is 6.52. The number of rotatable bonds is 7. The maximum absolute atomic E-state index is 13.4. The minimum atomic E-state index is -4.39. The molecule has 0 bridgehead atoms. The van der Waals surface area contributed by atoms with Gasteiger partial charge >= 0.3 is 6.18 Å². The van der Waals surface area contributed by atoms with Crippen LogP contribution < -0.4 is 4.74 Å². The van der Waals surface area contributed by atoms with Gasteiger partial charge in [-0.3, -0.25) is 0 Å². The van der Waals surface area contributed by atoms with Crippen molar-refractivity contribution >= 4 is 32.0 Å². The molecule has 41 heavy (non-hydrogen) atoms. The molecule has 218 valence electrons. The molecular weight excluding hydrogens is 553 g/mol. The van der Waals surface area contributed by atoms with Gasteiger partial charge in [-0.25, -0.2) is 22.7 Å². The van der Waals surface area contributed by atoms with Crippen LogP contribution in [0.1, 0.15) is 55.6 Å². The molecule has 2 fully saturated rings. The summed E-state index contributed by atoms with van der Waals surface area (Å²) in [7, 11) is -3.43. The number of sulfonamides is 1. The Labute approximate surface area is 237 Å². The molecule has 2 aliphatic rings. The van der Waals surface area contributed by atoms with E-state index in [0.29, 0.717) is 24.8 Å². The molecular formula is C30H33F3N4O3S. The van der Waals surface area contributed by atoms with Gasteiger partial charge in [0, 0.05) is 42.2 Å². The van der Waals surface area contributed by atoms with Crippen molar-refractivity contribution in [2.45, 2.75) is 50.6 Å². The SMILES string of the molecule is O=S(=O)(CC1CCC(c2cc[nH]c3cnc4nccc4c23)CC1)N1CCCC(COc2ccc(C(F)(F)F)cc2)C1. The van der Waals surface area contributed by atoms with Crippen molar-refractivity contribution in [3.05, 3.63) is 66.1 Å². The molecule has 1 atom stereocenters. The second-order valence-corrected chi connectivity index (χ2v) is 13.4. The Hall–Kier alpha value is -3.18. The second kappa shape index (κ2) is 11.2. The van der Waals surface area contributed by atoms with Gasteiger partial charge in [0.2, 0.25) is 10.0 Å². The van der Waals surface area contributed by atoms with Crippen LogP contribution in [0.4, 0.5) is 13.2 Å². The summed E-state index contributed by atoms with van der Waals surface area (Å²) in [4.78, 5) is 12.1. The van der Waals surface area contributed by atoms with E-state index >= 15 is 0 Å². The Morgan fingerprint density at radius 3 is 2.51 bits per heavy atom. The zero-order valence-corrected chi connectivity index (χ0v) is 23.4. The van der Waals surface area contributed by atoms with Crippen LogP contribution in [0, 0.1) is 11.8 Å². The molecule has 0 amide bonds. The quantitative estimate of drug-likeness (QED) is 0.266. The Bertz CT molecular complexity index is 1610. The maximum atomic E-state index is 13.4. The smallest absolute Gasteiger partial charge is 0.416 e. The molecule has 1 aliphatic carbocycles. The van der Waals surface area contributed by atoms with Crippen LogP contribution in [0.2, 0.25) is 0 Å². The number of benzene rings is 1. The van der Waals surface area contributed by atoms with E-state index in [9.17, 15) is 21.6 Å². The van der Waals surface area contributed by atoms with Gasteiger partial charge in [-0.15, -0.1) is 0 Å². The molecule has 3 aromatic heterocycles. The lowest BCUT2D eigenvalue weighted by Crippen LogP contribution is -2.43. The molecule has 6 rings (SSSR count). The fourth-order valence-corrected chi connectivity index (χ4v) is 8.42. The second-order valence-electron chi connectivity index (χ2n) is 11.4. The number of alkyl halides is 3. The van der Waals surface area contributed by atoms with E-state index in [1.807, 2.05) is 18.5 Å². The monoisotopic (exact) mass is 586 g/mol. The van der Waals surface area contributed by atoms with Crippen LogP contribution in [0.15, 0.2) is 55.0 Å². The van der Waals surface area contributed by atoms with Gasteiger partial charge in [-0.05, 0) is 92.3 Å². The highest BCUT2D eigenvalue weighted by Gasteiger charge is 2.34. The summed E-state index contributed by atoms with van der Waals surface area (Å²) in [5.41, 5.74) is 2.27. The first-order chi connectivity index (χ1) is 19.7. The Balaban J connectivity index is 1.04. The fraction of sp³-hybridized carbons (Fsp3) is 0.467. The molecule has 11 heteroatoms. The lowest BCUT2D eigenvalue weighted by atomic mass is 9.78. The topological polar surface area (TPSA) is 88.2 Å². The summed E-state index contributed by atoms with van der Waals surface area (Å²) in [6.07, 6.45) is 6.30. The summed E-state index contributed by atoms with van der Waals surface area (Å²) >= 11 is 0. The van der Waals surface area contributed by atoms with E-state index in [0.717, 1.165) is 72.6 Å². The molecule has 1 aliphatic heterocycles. The van der Waals surface area contributed by atoms with Crippen molar-refractivity contribution in [1.82, 2.24) is 19.3 Å². The molecule has 1 saturated heterocycles. The third-order valence-corrected chi connectivity index (χ3v) is 10.6. The Morgan fingerprint density at radius 1 is 0.976 bits per heavy atom. The summed E-state index contributed by atoms with van der Waals surface area (Å²) in [5, 5.41) is 2.20. The highest BCUT2D eigenvalue weighted by Crippen LogP contribution is 2.40. The van der Waals surface area contributed by atoms with Gasteiger partial charge < -0.3 is 9.72 Å². The van der Waals surface area contributed by atoms with E-state index < -0.39 is 21.8 Å². The summed E-state index contributed by atoms with van der Waals surface area (Å²) < 4.78 is 72.6. The number of piperidine rings is 1. The van der Waals surface area contributed by atoms with Crippen molar-refractivity contribution < 1.29 is 26.3 Å². The van der Waals surface area contributed by atoms with Crippen LogP contribution in [0.25, 0.3) is 21.9 Å². The van der Waals surface area contributed by atoms with E-state index in [2.05, 4.69) is 21.0 Å². The van der Waals surface area contributed by atoms with Gasteiger partial charge in [0.15, 0.2) is 5.65 Å². The summed E-state index contributed by atoms with van der Waals surface area (Å²) in [6.45, 7) is 1.15. The lowest BCUT2D eigenvalue weighted by Gasteiger charge is -2.34. The van der Waals surface area contributed by atoms with Crippen LogP contribution in [0.3, 0.4) is 0 Å². The van der Waals surface area contributed by atoms with Crippen LogP contribution in [0.5, 0.6) is 5.75 Å². The zero-order valence-electron chi connectivity index (χ0n) is 22.6. The Morgan fingerprint density at radius 2 is 1.76 bits per heavy atom. The molecule has 4 aromatic rings. The van der Waals surface area contributed by atoms with Crippen molar-refractivity contribution in [2.75, 3.05) is 25.4 Å². The lowest BCUT2D eigenvalue weighted by molar-refractivity contribution is -0.137. The average molecular weight is 587 g/mol. The van der Waals surface area contributed by atoms with Crippen molar-refractivity contribution in [2.24, 2.45) is 11.8 Å². The predicted molar refractivity (Wildman–Crippen MR) is 151 cm³/mol. The number of halogens is 3. The molecule has 1 aromatic carbocycles. The average Bonchev–Trinajstić information content (AvgIpc) is 3.45. The van der Waals surface area contributed by atoms with Crippen LogP contribution in [-0.2, 0) is 16.2 Å². The minimum absolute atomic E-state index is 0.00303. The summed E-state index contributed by atoms with van der Waals surface area (Å²) in [5.74, 6) is 0.968. The van der Waals surface area contributed by atoms with E-state index in [-0.39, 0.29) is 24.2 Å². The number of nitrogens with one attached hydrogen (secondary N) is 1. The molecule has 0 spiro atoms. The minimum Gasteiger partial charge on any atom is -0.493 e. The maximum Gasteiger partial charge on any atom is 0.416 e. The number of hydrogen-bond donors (Lipinski definition) is 1. The van der Waals surface area contributed by atoms with E-state index in [4.69, 9.17) is 4.74 Å². The number of nitrogens with zero attached hydrogens (tertiary/aromatic N) is 3. The molecule has 1 N–H and O–H groups in total. The highest BCUT2D eigenvalue weighted by atomic mass is 32.2. The number of H-pyrrole nitrogens is 1. The standard InChI is InChI=1S/C30H33F3N4O3S/c31-30(32,33)23-7-9-24(10-8-23)40-18-21-2-1-15-37(17-21)41(38,39)19-20-3-5-22(6-4-20)25-11-13-34-27-16-36-29-26(28(25)27)12-14-35-29/h7-14,16,20-22,34H,1-6,15,17-19H2. The van der Waals surface area contributed by atoms with E-state index in [1.165, 1.54) is 17.7 Å². The molecule has 1 unspecified atom stereocenters. The van der Waals surface area contributed by atoms with Crippen LogP contribution in [-0.4, -0.2) is 53.1 Å². The number of ether oxygens (including phenoxy) is 1. The highest BCUT2D eigenvalue weighted by molar-refractivity contribution is 7.89. The molecule has 4 heterocycles. The number of fused-ring (bicyclic) bond motifs is 3. The third-order valence-electron chi connectivity index (χ3n) is 8.60. The fourth-order valence-electron chi connectivity index (χ4n) is 6.44. The number of hydrogen-bond acceptors (Lipinski definition) is 5. The number of pyridine rings is 2. The third kappa shape index (κ3) is 6.06. The van der Waals surface area contributed by atoms with Gasteiger partial charge in [-0.1, -0.05) is 0 Å². The van der Waals surface area contributed by atoms with Gasteiger partial charge in [-0.2, -0.15) is 13.2 Å². The largest absolute Gasteiger partial charge is 0.493 e. The van der Waals surface area contributed by atoms with Gasteiger partial charge in [0.05, 0.1) is 29.6 Å². The van der Waals surface area contributed by atoms with Gasteiger partial charge in [0.1, 0.15) is 5.75 Å². The first kappa shape index (κ1) is 28.0. The van der Waals surface area contributed by atoms with Crippen molar-refractivity contribution in [1.29, 1.82) is 0 Å². The summed E-state index contributed by atoms with van der Waals surface area (Å²) in [6, 6.07) is 8.75. The van der Waals surface area contributed by atoms with Crippen molar-refractivity contribution in [3.63, 3.8) is 0 Å². The molecule has 7 nitrogen and oxygen atoms in total. The molecule has 0 radical (unpaired) electrons. The van der Waals surface area contributed by atoms with Gasteiger partial charge in [0.25, 0.3) is 0 Å².